The first-order chi connectivity index (χ1) is 7.74. The minimum atomic E-state index is -0.0985. The first-order valence-corrected chi connectivity index (χ1v) is 5.44. The number of aromatic nitrogens is 2. The summed E-state index contributed by atoms with van der Waals surface area (Å²) in [5, 5.41) is 7.99. The third-order valence-corrected chi connectivity index (χ3v) is 2.51. The summed E-state index contributed by atoms with van der Waals surface area (Å²) in [6, 6.07) is 7.74. The number of hydrogen-bond donors (Lipinski definition) is 1. The Morgan fingerprint density at radius 3 is 2.94 bits per heavy atom. The molecule has 4 heteroatoms. The Hall–Kier alpha value is -1.84. The predicted octanol–water partition coefficient (Wildman–Crippen LogP) is 1.71. The van der Waals surface area contributed by atoms with Gasteiger partial charge in [0, 0.05) is 19.0 Å². The monoisotopic (exact) mass is 217 g/mol. The summed E-state index contributed by atoms with van der Waals surface area (Å²) in [5.41, 5.74) is 1.48. The molecule has 2 rings (SSSR count). The lowest BCUT2D eigenvalue weighted by molar-refractivity contribution is 0.0949. The van der Waals surface area contributed by atoms with Crippen LogP contribution in [-0.4, -0.2) is 22.2 Å². The third kappa shape index (κ3) is 1.78. The second-order valence-electron chi connectivity index (χ2n) is 3.75. The predicted molar refractivity (Wildman–Crippen MR) is 63.3 cm³/mol. The SMILES string of the molecule is CCCNC(=O)c1nn(C)c2ccccc12. The van der Waals surface area contributed by atoms with E-state index in [1.807, 2.05) is 38.2 Å². The Labute approximate surface area is 94.3 Å². The van der Waals surface area contributed by atoms with Crippen LogP contribution in [0, 0.1) is 0 Å². The van der Waals surface area contributed by atoms with E-state index < -0.39 is 0 Å². The van der Waals surface area contributed by atoms with Gasteiger partial charge in [0.05, 0.1) is 5.52 Å². The van der Waals surface area contributed by atoms with Crippen LogP contribution in [0.25, 0.3) is 10.9 Å². The van der Waals surface area contributed by atoms with E-state index in [0.717, 1.165) is 17.3 Å². The zero-order chi connectivity index (χ0) is 11.5. The van der Waals surface area contributed by atoms with E-state index in [-0.39, 0.29) is 5.91 Å². The van der Waals surface area contributed by atoms with Crippen LogP contribution in [0.5, 0.6) is 0 Å². The van der Waals surface area contributed by atoms with Crippen molar-refractivity contribution in [1.29, 1.82) is 0 Å². The van der Waals surface area contributed by atoms with Gasteiger partial charge in [0.1, 0.15) is 0 Å². The molecular formula is C12H15N3O. The van der Waals surface area contributed by atoms with Gasteiger partial charge >= 0.3 is 0 Å². The summed E-state index contributed by atoms with van der Waals surface area (Å²) < 4.78 is 1.73. The van der Waals surface area contributed by atoms with E-state index in [1.165, 1.54) is 0 Å². The lowest BCUT2D eigenvalue weighted by Crippen LogP contribution is -2.24. The number of fused-ring (bicyclic) bond motifs is 1. The minimum Gasteiger partial charge on any atom is -0.351 e. The number of benzene rings is 1. The van der Waals surface area contributed by atoms with Gasteiger partial charge in [-0.15, -0.1) is 0 Å². The van der Waals surface area contributed by atoms with Crippen LogP contribution in [-0.2, 0) is 7.05 Å². The second kappa shape index (κ2) is 4.35. The van der Waals surface area contributed by atoms with E-state index in [0.29, 0.717) is 12.2 Å². The van der Waals surface area contributed by atoms with Gasteiger partial charge in [0.2, 0.25) is 0 Å². The van der Waals surface area contributed by atoms with Gasteiger partial charge in [-0.25, -0.2) is 0 Å². The van der Waals surface area contributed by atoms with Crippen molar-refractivity contribution >= 4 is 16.8 Å². The molecule has 0 radical (unpaired) electrons. The first-order valence-electron chi connectivity index (χ1n) is 5.44. The highest BCUT2D eigenvalue weighted by molar-refractivity contribution is 6.04. The molecule has 0 unspecified atom stereocenters. The van der Waals surface area contributed by atoms with Crippen molar-refractivity contribution in [1.82, 2.24) is 15.1 Å². The molecule has 0 saturated heterocycles. The van der Waals surface area contributed by atoms with Gasteiger partial charge in [-0.1, -0.05) is 25.1 Å². The fraction of sp³-hybridized carbons (Fsp3) is 0.333. The molecular weight excluding hydrogens is 202 g/mol. The molecule has 1 N–H and O–H groups in total. The third-order valence-electron chi connectivity index (χ3n) is 2.51. The fourth-order valence-electron chi connectivity index (χ4n) is 1.70. The van der Waals surface area contributed by atoms with Crippen molar-refractivity contribution in [2.45, 2.75) is 13.3 Å². The van der Waals surface area contributed by atoms with Crippen LogP contribution < -0.4 is 5.32 Å². The molecule has 4 nitrogen and oxygen atoms in total. The number of carbonyl (C=O) groups excluding carboxylic acids is 1. The van der Waals surface area contributed by atoms with Crippen molar-refractivity contribution in [3.05, 3.63) is 30.0 Å². The van der Waals surface area contributed by atoms with Gasteiger partial charge in [-0.05, 0) is 12.5 Å². The van der Waals surface area contributed by atoms with Crippen LogP contribution in [0.4, 0.5) is 0 Å². The average Bonchev–Trinajstić information content (AvgIpc) is 2.65. The fourth-order valence-corrected chi connectivity index (χ4v) is 1.70. The normalized spacial score (nSPS) is 10.6. The molecule has 1 aromatic heterocycles. The highest BCUT2D eigenvalue weighted by Crippen LogP contribution is 2.16. The highest BCUT2D eigenvalue weighted by Gasteiger charge is 2.14. The summed E-state index contributed by atoms with van der Waals surface area (Å²) in [6.45, 7) is 2.71. The van der Waals surface area contributed by atoms with Crippen molar-refractivity contribution in [2.24, 2.45) is 7.05 Å². The summed E-state index contributed by atoms with van der Waals surface area (Å²) in [5.74, 6) is -0.0985. The maximum atomic E-state index is 11.8. The number of hydrogen-bond acceptors (Lipinski definition) is 2. The number of amides is 1. The number of aryl methyl sites for hydroxylation is 1. The zero-order valence-electron chi connectivity index (χ0n) is 9.53. The van der Waals surface area contributed by atoms with Crippen molar-refractivity contribution in [3.8, 4) is 0 Å². The first kappa shape index (κ1) is 10.7. The van der Waals surface area contributed by atoms with E-state index in [9.17, 15) is 4.79 Å². The maximum Gasteiger partial charge on any atom is 0.272 e. The molecule has 1 heterocycles. The van der Waals surface area contributed by atoms with Gasteiger partial charge in [-0.2, -0.15) is 5.10 Å². The average molecular weight is 217 g/mol. The Bertz CT molecular complexity index is 516. The second-order valence-corrected chi connectivity index (χ2v) is 3.75. The molecule has 0 atom stereocenters. The van der Waals surface area contributed by atoms with Crippen molar-refractivity contribution in [3.63, 3.8) is 0 Å². The number of carbonyl (C=O) groups is 1. The molecule has 0 aliphatic rings. The topological polar surface area (TPSA) is 46.9 Å². The minimum absolute atomic E-state index is 0.0985. The van der Waals surface area contributed by atoms with E-state index in [2.05, 4.69) is 10.4 Å². The molecule has 0 aliphatic carbocycles. The molecule has 0 saturated carbocycles. The van der Waals surface area contributed by atoms with Crippen molar-refractivity contribution in [2.75, 3.05) is 6.54 Å². The van der Waals surface area contributed by atoms with Gasteiger partial charge in [0.15, 0.2) is 5.69 Å². The van der Waals surface area contributed by atoms with Crippen LogP contribution in [0.3, 0.4) is 0 Å². The summed E-state index contributed by atoms with van der Waals surface area (Å²) in [7, 11) is 1.85. The number of nitrogens with zero attached hydrogens (tertiary/aromatic N) is 2. The smallest absolute Gasteiger partial charge is 0.272 e. The van der Waals surface area contributed by atoms with Crippen LogP contribution >= 0.6 is 0 Å². The molecule has 1 amide bonds. The standard InChI is InChI=1S/C12H15N3O/c1-3-8-13-12(16)11-9-6-4-5-7-10(9)15(2)14-11/h4-7H,3,8H2,1-2H3,(H,13,16). The quantitative estimate of drug-likeness (QED) is 0.850. The van der Waals surface area contributed by atoms with Gasteiger partial charge < -0.3 is 5.32 Å². The molecule has 0 aliphatic heterocycles. The Morgan fingerprint density at radius 2 is 2.19 bits per heavy atom. The number of para-hydroxylation sites is 1. The lowest BCUT2D eigenvalue weighted by Gasteiger charge is -1.99. The summed E-state index contributed by atoms with van der Waals surface area (Å²) in [4.78, 5) is 11.8. The lowest BCUT2D eigenvalue weighted by atomic mass is 10.2. The Morgan fingerprint density at radius 1 is 1.44 bits per heavy atom. The van der Waals surface area contributed by atoms with Gasteiger partial charge in [-0.3, -0.25) is 9.48 Å². The summed E-state index contributed by atoms with van der Waals surface area (Å²) in [6.07, 6.45) is 0.927. The van der Waals surface area contributed by atoms with Crippen LogP contribution in [0.15, 0.2) is 24.3 Å². The maximum absolute atomic E-state index is 11.8. The summed E-state index contributed by atoms with van der Waals surface area (Å²) >= 11 is 0. The largest absolute Gasteiger partial charge is 0.351 e. The van der Waals surface area contributed by atoms with Crippen LogP contribution in [0.2, 0.25) is 0 Å². The Balaban J connectivity index is 2.41. The van der Waals surface area contributed by atoms with Gasteiger partial charge in [0.25, 0.3) is 5.91 Å². The molecule has 0 fully saturated rings. The highest BCUT2D eigenvalue weighted by atomic mass is 16.1. The van der Waals surface area contributed by atoms with E-state index >= 15 is 0 Å². The molecule has 0 spiro atoms. The molecule has 1 aromatic carbocycles. The zero-order valence-corrected chi connectivity index (χ0v) is 9.53. The van der Waals surface area contributed by atoms with E-state index in [4.69, 9.17) is 0 Å². The molecule has 0 bridgehead atoms. The molecule has 16 heavy (non-hydrogen) atoms. The molecule has 84 valence electrons. The number of rotatable bonds is 3. The van der Waals surface area contributed by atoms with Crippen LogP contribution in [0.1, 0.15) is 23.8 Å². The van der Waals surface area contributed by atoms with Crippen molar-refractivity contribution < 1.29 is 4.79 Å². The molecule has 2 aromatic rings. The Kier molecular flexibility index (Phi) is 2.90. The van der Waals surface area contributed by atoms with E-state index in [1.54, 1.807) is 4.68 Å². The number of nitrogens with one attached hydrogen (secondary N) is 1.